The maximum Gasteiger partial charge on any atom is 0.316 e. The van der Waals surface area contributed by atoms with E-state index in [0.717, 1.165) is 26.4 Å². The Balaban J connectivity index is 2.63. The summed E-state index contributed by atoms with van der Waals surface area (Å²) in [5.41, 5.74) is -1.33. The molecule has 0 unspecified atom stereocenters. The van der Waals surface area contributed by atoms with Crippen molar-refractivity contribution < 1.29 is 33.4 Å². The van der Waals surface area contributed by atoms with E-state index in [4.69, 9.17) is 9.47 Å². The third-order valence-electron chi connectivity index (χ3n) is 4.43. The van der Waals surface area contributed by atoms with Crippen molar-refractivity contribution in [2.45, 2.75) is 24.9 Å². The minimum Gasteiger partial charge on any atom is -0.469 e. The van der Waals surface area contributed by atoms with Crippen molar-refractivity contribution in [2.75, 3.05) is 14.2 Å². The molecule has 7 heteroatoms. The highest BCUT2D eigenvalue weighted by molar-refractivity contribution is 6.02. The predicted molar refractivity (Wildman–Crippen MR) is 80.4 cm³/mol. The van der Waals surface area contributed by atoms with Gasteiger partial charge in [-0.25, -0.2) is 4.39 Å². The Kier molecular flexibility index (Phi) is 5.03. The summed E-state index contributed by atoms with van der Waals surface area (Å²) in [6.07, 6.45) is -0.385. The van der Waals surface area contributed by atoms with Crippen LogP contribution in [0.15, 0.2) is 24.3 Å². The number of Topliss-reactive ketones (excluding diaryl/α,β-unsaturated/α-hetero) is 1. The highest BCUT2D eigenvalue weighted by Gasteiger charge is 2.56. The summed E-state index contributed by atoms with van der Waals surface area (Å²) in [6, 6.07) is 5.07. The zero-order valence-electron chi connectivity index (χ0n) is 13.6. The average Bonchev–Trinajstić information content (AvgIpc) is 2.53. The topological polar surface area (TPSA) is 89.9 Å². The standard InChI is InChI=1S/C17H19FO6/c1-17(22)8-11(19)13(15(20)23-2)12(14(17)16(21)24-3)9-4-6-10(18)7-5-9/h4-7,12-14,22H,8H2,1-3H3/t12-,13-,14-,17-/m1/s1. The lowest BCUT2D eigenvalue weighted by molar-refractivity contribution is -0.170. The van der Waals surface area contributed by atoms with Gasteiger partial charge in [0, 0.05) is 12.3 Å². The Bertz CT molecular complexity index is 652. The second-order valence-electron chi connectivity index (χ2n) is 6.08. The van der Waals surface area contributed by atoms with E-state index in [9.17, 15) is 23.9 Å². The normalized spacial score (nSPS) is 29.9. The van der Waals surface area contributed by atoms with Crippen molar-refractivity contribution in [3.8, 4) is 0 Å². The van der Waals surface area contributed by atoms with Gasteiger partial charge in [0.2, 0.25) is 0 Å². The summed E-state index contributed by atoms with van der Waals surface area (Å²) in [4.78, 5) is 36.9. The Labute approximate surface area is 138 Å². The molecule has 1 aliphatic rings. The second-order valence-corrected chi connectivity index (χ2v) is 6.08. The van der Waals surface area contributed by atoms with Crippen LogP contribution in [0, 0.1) is 17.7 Å². The quantitative estimate of drug-likeness (QED) is 0.658. The highest BCUT2D eigenvalue weighted by Crippen LogP contribution is 2.46. The fraction of sp³-hybridized carbons (Fsp3) is 0.471. The van der Waals surface area contributed by atoms with Crippen LogP contribution in [-0.4, -0.2) is 42.6 Å². The number of halogens is 1. The largest absolute Gasteiger partial charge is 0.469 e. The fourth-order valence-electron chi connectivity index (χ4n) is 3.35. The summed E-state index contributed by atoms with van der Waals surface area (Å²) >= 11 is 0. The number of hydrogen-bond donors (Lipinski definition) is 1. The molecule has 0 aliphatic heterocycles. The first kappa shape index (κ1) is 18.1. The summed E-state index contributed by atoms with van der Waals surface area (Å²) in [7, 11) is 2.29. The molecule has 0 bridgehead atoms. The smallest absolute Gasteiger partial charge is 0.316 e. The molecule has 0 radical (unpaired) electrons. The molecule has 1 aromatic carbocycles. The van der Waals surface area contributed by atoms with Crippen molar-refractivity contribution >= 4 is 17.7 Å². The number of benzene rings is 1. The molecule has 2 rings (SSSR count). The molecule has 6 nitrogen and oxygen atoms in total. The van der Waals surface area contributed by atoms with E-state index < -0.39 is 46.9 Å². The van der Waals surface area contributed by atoms with Crippen LogP contribution in [0.3, 0.4) is 0 Å². The molecule has 0 spiro atoms. The molecule has 4 atom stereocenters. The van der Waals surface area contributed by atoms with Crippen molar-refractivity contribution in [2.24, 2.45) is 11.8 Å². The second kappa shape index (κ2) is 6.68. The van der Waals surface area contributed by atoms with Crippen molar-refractivity contribution in [3.05, 3.63) is 35.6 Å². The summed E-state index contributed by atoms with van der Waals surface area (Å²) < 4.78 is 22.7. The Morgan fingerprint density at radius 2 is 1.71 bits per heavy atom. The van der Waals surface area contributed by atoms with Gasteiger partial charge in [0.15, 0.2) is 5.78 Å². The first-order chi connectivity index (χ1) is 11.2. The number of esters is 2. The number of methoxy groups -OCH3 is 2. The molecule has 1 saturated carbocycles. The van der Waals surface area contributed by atoms with Gasteiger partial charge < -0.3 is 14.6 Å². The van der Waals surface area contributed by atoms with E-state index in [1.807, 2.05) is 0 Å². The maximum absolute atomic E-state index is 13.2. The van der Waals surface area contributed by atoms with Crippen LogP contribution < -0.4 is 0 Å². The van der Waals surface area contributed by atoms with Crippen LogP contribution in [0.25, 0.3) is 0 Å². The molecular weight excluding hydrogens is 319 g/mol. The maximum atomic E-state index is 13.2. The van der Waals surface area contributed by atoms with Crippen LogP contribution in [-0.2, 0) is 23.9 Å². The summed E-state index contributed by atoms with van der Waals surface area (Å²) in [6.45, 7) is 1.34. The van der Waals surface area contributed by atoms with Gasteiger partial charge in [-0.2, -0.15) is 0 Å². The lowest BCUT2D eigenvalue weighted by Gasteiger charge is -2.43. The molecular formula is C17H19FO6. The molecule has 0 amide bonds. The number of hydrogen-bond acceptors (Lipinski definition) is 6. The summed E-state index contributed by atoms with van der Waals surface area (Å²) in [5.74, 6) is -6.06. The van der Waals surface area contributed by atoms with Crippen LogP contribution in [0.1, 0.15) is 24.8 Å². The van der Waals surface area contributed by atoms with Crippen LogP contribution in [0.2, 0.25) is 0 Å². The van der Waals surface area contributed by atoms with Gasteiger partial charge in [-0.05, 0) is 24.6 Å². The summed E-state index contributed by atoms with van der Waals surface area (Å²) in [5, 5.41) is 10.6. The number of carbonyl (C=O) groups excluding carboxylic acids is 3. The molecule has 0 aromatic heterocycles. The molecule has 1 aromatic rings. The third-order valence-corrected chi connectivity index (χ3v) is 4.43. The molecule has 1 N–H and O–H groups in total. The van der Waals surface area contributed by atoms with E-state index >= 15 is 0 Å². The van der Waals surface area contributed by atoms with Gasteiger partial charge in [-0.15, -0.1) is 0 Å². The molecule has 24 heavy (non-hydrogen) atoms. The molecule has 0 heterocycles. The number of carbonyl (C=O) groups is 3. The minimum absolute atomic E-state index is 0.371. The fourth-order valence-corrected chi connectivity index (χ4v) is 3.35. The molecule has 130 valence electrons. The van der Waals surface area contributed by atoms with Crippen molar-refractivity contribution in [3.63, 3.8) is 0 Å². The number of ether oxygens (including phenoxy) is 2. The van der Waals surface area contributed by atoms with Crippen LogP contribution >= 0.6 is 0 Å². The minimum atomic E-state index is -1.70. The Hall–Kier alpha value is -2.28. The average molecular weight is 338 g/mol. The Morgan fingerprint density at radius 3 is 2.21 bits per heavy atom. The number of aliphatic hydroxyl groups is 1. The van der Waals surface area contributed by atoms with Crippen LogP contribution in [0.5, 0.6) is 0 Å². The first-order valence-corrected chi connectivity index (χ1v) is 7.39. The highest BCUT2D eigenvalue weighted by atomic mass is 19.1. The van der Waals surface area contributed by atoms with Gasteiger partial charge in [-0.3, -0.25) is 14.4 Å². The zero-order valence-corrected chi connectivity index (χ0v) is 13.6. The van der Waals surface area contributed by atoms with Crippen molar-refractivity contribution in [1.82, 2.24) is 0 Å². The van der Waals surface area contributed by atoms with E-state index in [0.29, 0.717) is 5.56 Å². The number of ketones is 1. The van der Waals surface area contributed by atoms with E-state index in [-0.39, 0.29) is 6.42 Å². The number of rotatable bonds is 3. The van der Waals surface area contributed by atoms with Gasteiger partial charge in [0.05, 0.1) is 25.7 Å². The van der Waals surface area contributed by atoms with Gasteiger partial charge >= 0.3 is 11.9 Å². The Morgan fingerprint density at radius 1 is 1.17 bits per heavy atom. The lowest BCUT2D eigenvalue weighted by atomic mass is 9.62. The monoisotopic (exact) mass is 338 g/mol. The van der Waals surface area contributed by atoms with Gasteiger partial charge in [-0.1, -0.05) is 12.1 Å². The zero-order chi connectivity index (χ0) is 18.1. The molecule has 1 fully saturated rings. The molecule has 1 aliphatic carbocycles. The SMILES string of the molecule is COC(=O)[C@@H]1C(=O)C[C@@](C)(O)[C@@H](C(=O)OC)[C@@H]1c1ccc(F)cc1. The lowest BCUT2D eigenvalue weighted by Crippen LogP contribution is -2.55. The molecule has 0 saturated heterocycles. The predicted octanol–water partition coefficient (Wildman–Crippen LogP) is 1.21. The van der Waals surface area contributed by atoms with E-state index in [1.165, 1.54) is 19.1 Å². The third kappa shape index (κ3) is 3.17. The van der Waals surface area contributed by atoms with Crippen molar-refractivity contribution in [1.29, 1.82) is 0 Å². The van der Waals surface area contributed by atoms with E-state index in [1.54, 1.807) is 0 Å². The van der Waals surface area contributed by atoms with Crippen LogP contribution in [0.4, 0.5) is 4.39 Å². The van der Waals surface area contributed by atoms with E-state index in [2.05, 4.69) is 0 Å². The van der Waals surface area contributed by atoms with Gasteiger partial charge in [0.25, 0.3) is 0 Å². The first-order valence-electron chi connectivity index (χ1n) is 7.39. The van der Waals surface area contributed by atoms with Gasteiger partial charge in [0.1, 0.15) is 11.7 Å².